The summed E-state index contributed by atoms with van der Waals surface area (Å²) in [6, 6.07) is 4.33. The van der Waals surface area contributed by atoms with Gasteiger partial charge in [0.25, 0.3) is 0 Å². The van der Waals surface area contributed by atoms with Crippen LogP contribution < -0.4 is 0 Å². The molecule has 2 rings (SSSR count). The van der Waals surface area contributed by atoms with Gasteiger partial charge in [0.1, 0.15) is 0 Å². The van der Waals surface area contributed by atoms with Crippen molar-refractivity contribution in [1.29, 1.82) is 0 Å². The van der Waals surface area contributed by atoms with Gasteiger partial charge in [-0.25, -0.2) is 9.48 Å². The van der Waals surface area contributed by atoms with Crippen molar-refractivity contribution in [3.8, 4) is 11.4 Å². The van der Waals surface area contributed by atoms with Gasteiger partial charge in [0, 0.05) is 10.0 Å². The first kappa shape index (κ1) is 13.0. The van der Waals surface area contributed by atoms with Crippen molar-refractivity contribution in [2.45, 2.75) is 13.0 Å². The van der Waals surface area contributed by atoms with Crippen LogP contribution in [0.1, 0.15) is 13.0 Å². The van der Waals surface area contributed by atoms with Crippen LogP contribution in [0.5, 0.6) is 0 Å². The van der Waals surface area contributed by atoms with Gasteiger partial charge in [-0.1, -0.05) is 27.5 Å². The Hall–Kier alpha value is -1.47. The Bertz CT molecular complexity index is 601. The molecule has 0 aliphatic heterocycles. The molecule has 0 saturated carbocycles. The Kier molecular flexibility index (Phi) is 3.63. The van der Waals surface area contributed by atoms with Crippen molar-refractivity contribution < 1.29 is 9.90 Å². The number of tetrazole rings is 1. The number of aromatic nitrogens is 4. The number of rotatable bonds is 3. The highest BCUT2D eigenvalue weighted by Crippen LogP contribution is 2.30. The summed E-state index contributed by atoms with van der Waals surface area (Å²) in [6.07, 6.45) is 0. The molecular formula is C10H8BrClN4O2. The first-order valence-corrected chi connectivity index (χ1v) is 6.14. The van der Waals surface area contributed by atoms with Crippen LogP contribution in [0.25, 0.3) is 11.4 Å². The van der Waals surface area contributed by atoms with E-state index in [1.807, 2.05) is 0 Å². The maximum Gasteiger partial charge on any atom is 0.328 e. The summed E-state index contributed by atoms with van der Waals surface area (Å²) in [5, 5.41) is 20.5. The molecule has 0 saturated heterocycles. The lowest BCUT2D eigenvalue weighted by Gasteiger charge is -2.09. The Balaban J connectivity index is 2.55. The lowest BCUT2D eigenvalue weighted by molar-refractivity contribution is -0.140. The topological polar surface area (TPSA) is 80.9 Å². The number of hydrogen-bond donors (Lipinski definition) is 1. The molecule has 0 aliphatic carbocycles. The summed E-state index contributed by atoms with van der Waals surface area (Å²) in [5.41, 5.74) is 0.573. The van der Waals surface area contributed by atoms with Crippen LogP contribution >= 0.6 is 27.5 Å². The summed E-state index contributed by atoms with van der Waals surface area (Å²) >= 11 is 9.39. The van der Waals surface area contributed by atoms with Crippen LogP contribution in [0.4, 0.5) is 0 Å². The number of carboxylic acids is 1. The first-order valence-electron chi connectivity index (χ1n) is 4.97. The van der Waals surface area contributed by atoms with Gasteiger partial charge in [-0.2, -0.15) is 0 Å². The summed E-state index contributed by atoms with van der Waals surface area (Å²) in [6.45, 7) is 1.49. The van der Waals surface area contributed by atoms with Gasteiger partial charge < -0.3 is 5.11 Å². The minimum Gasteiger partial charge on any atom is -0.480 e. The van der Waals surface area contributed by atoms with Crippen molar-refractivity contribution in [3.05, 3.63) is 27.7 Å². The van der Waals surface area contributed by atoms with Crippen molar-refractivity contribution >= 4 is 33.5 Å². The van der Waals surface area contributed by atoms with E-state index < -0.39 is 12.0 Å². The SMILES string of the molecule is CC(C(=O)O)n1nnnc1-c1cc(Br)ccc1Cl. The van der Waals surface area contributed by atoms with Crippen LogP contribution in [-0.4, -0.2) is 31.3 Å². The molecular weight excluding hydrogens is 323 g/mol. The lowest BCUT2D eigenvalue weighted by Crippen LogP contribution is -2.18. The van der Waals surface area contributed by atoms with Crippen LogP contribution in [-0.2, 0) is 4.79 Å². The standard InChI is InChI=1S/C10H8BrClN4O2/c1-5(10(17)18)16-9(13-14-15-16)7-4-6(11)2-3-8(7)12/h2-5H,1H3,(H,17,18). The molecule has 1 aromatic carbocycles. The zero-order valence-corrected chi connectivity index (χ0v) is 11.6. The van der Waals surface area contributed by atoms with E-state index in [2.05, 4.69) is 31.5 Å². The number of nitrogens with zero attached hydrogens (tertiary/aromatic N) is 4. The van der Waals surface area contributed by atoms with E-state index in [0.717, 1.165) is 4.47 Å². The predicted molar refractivity (Wildman–Crippen MR) is 68.3 cm³/mol. The van der Waals surface area contributed by atoms with Gasteiger partial charge in [-0.05, 0) is 35.5 Å². The minimum atomic E-state index is -1.02. The predicted octanol–water partition coefficient (Wildman–Crippen LogP) is 2.40. The molecule has 1 aromatic heterocycles. The zero-order chi connectivity index (χ0) is 13.3. The number of carbonyl (C=O) groups is 1. The second-order valence-corrected chi connectivity index (χ2v) is 4.91. The van der Waals surface area contributed by atoms with E-state index >= 15 is 0 Å². The number of aliphatic carboxylic acids is 1. The summed E-state index contributed by atoms with van der Waals surface area (Å²) in [5.74, 6) is -0.703. The smallest absolute Gasteiger partial charge is 0.328 e. The van der Waals surface area contributed by atoms with Gasteiger partial charge in [-0.15, -0.1) is 5.10 Å². The normalized spacial score (nSPS) is 12.4. The lowest BCUT2D eigenvalue weighted by atomic mass is 10.2. The van der Waals surface area contributed by atoms with E-state index in [1.54, 1.807) is 18.2 Å². The molecule has 94 valence electrons. The molecule has 1 unspecified atom stereocenters. The summed E-state index contributed by atoms with van der Waals surface area (Å²) in [4.78, 5) is 11.0. The Morgan fingerprint density at radius 2 is 2.28 bits per heavy atom. The van der Waals surface area contributed by atoms with Gasteiger partial charge in [-0.3, -0.25) is 0 Å². The first-order chi connectivity index (χ1) is 8.50. The second kappa shape index (κ2) is 5.03. The van der Waals surface area contributed by atoms with Gasteiger partial charge in [0.05, 0.1) is 5.02 Å². The molecule has 0 spiro atoms. The third kappa shape index (κ3) is 2.37. The van der Waals surface area contributed by atoms with E-state index in [-0.39, 0.29) is 0 Å². The highest BCUT2D eigenvalue weighted by atomic mass is 79.9. The number of carboxylic acid groups (broad SMARTS) is 1. The van der Waals surface area contributed by atoms with Crippen molar-refractivity contribution in [2.75, 3.05) is 0 Å². The maximum absolute atomic E-state index is 11.0. The van der Waals surface area contributed by atoms with E-state index in [4.69, 9.17) is 16.7 Å². The average Bonchev–Trinajstić information content (AvgIpc) is 2.80. The van der Waals surface area contributed by atoms with Gasteiger partial charge >= 0.3 is 5.97 Å². The number of halogens is 2. The molecule has 2 aromatic rings. The Morgan fingerprint density at radius 3 is 2.94 bits per heavy atom. The number of benzene rings is 1. The van der Waals surface area contributed by atoms with E-state index in [0.29, 0.717) is 16.4 Å². The van der Waals surface area contributed by atoms with Gasteiger partial charge in [0.15, 0.2) is 11.9 Å². The van der Waals surface area contributed by atoms with Crippen LogP contribution in [0.2, 0.25) is 5.02 Å². The molecule has 0 aliphatic rings. The average molecular weight is 332 g/mol. The quantitative estimate of drug-likeness (QED) is 0.934. The molecule has 0 fully saturated rings. The highest BCUT2D eigenvalue weighted by Gasteiger charge is 2.21. The molecule has 0 amide bonds. The molecule has 0 radical (unpaired) electrons. The summed E-state index contributed by atoms with van der Waals surface area (Å²) < 4.78 is 2.02. The zero-order valence-electron chi connectivity index (χ0n) is 9.21. The number of hydrogen-bond acceptors (Lipinski definition) is 4. The largest absolute Gasteiger partial charge is 0.480 e. The van der Waals surface area contributed by atoms with E-state index in [9.17, 15) is 4.79 Å². The maximum atomic E-state index is 11.0. The fraction of sp³-hybridized carbons (Fsp3) is 0.200. The third-order valence-electron chi connectivity index (χ3n) is 2.39. The fourth-order valence-electron chi connectivity index (χ4n) is 1.41. The Labute approximate surface area is 116 Å². The molecule has 1 atom stereocenters. The van der Waals surface area contributed by atoms with Crippen LogP contribution in [0.15, 0.2) is 22.7 Å². The van der Waals surface area contributed by atoms with Crippen LogP contribution in [0.3, 0.4) is 0 Å². The molecule has 1 N–H and O–H groups in total. The molecule has 0 bridgehead atoms. The van der Waals surface area contributed by atoms with Crippen molar-refractivity contribution in [2.24, 2.45) is 0 Å². The monoisotopic (exact) mass is 330 g/mol. The van der Waals surface area contributed by atoms with Gasteiger partial charge in [0.2, 0.25) is 0 Å². The highest BCUT2D eigenvalue weighted by molar-refractivity contribution is 9.10. The molecule has 1 heterocycles. The van der Waals surface area contributed by atoms with Crippen LogP contribution in [0, 0.1) is 0 Å². The molecule has 6 nitrogen and oxygen atoms in total. The summed E-state index contributed by atoms with van der Waals surface area (Å²) in [7, 11) is 0. The van der Waals surface area contributed by atoms with Crippen molar-refractivity contribution in [1.82, 2.24) is 20.2 Å². The van der Waals surface area contributed by atoms with E-state index in [1.165, 1.54) is 11.6 Å². The molecule has 8 heteroatoms. The Morgan fingerprint density at radius 1 is 1.56 bits per heavy atom. The van der Waals surface area contributed by atoms with Crippen molar-refractivity contribution in [3.63, 3.8) is 0 Å². The fourth-order valence-corrected chi connectivity index (χ4v) is 1.97. The minimum absolute atomic E-state index is 0.316. The third-order valence-corrected chi connectivity index (χ3v) is 3.21. The molecule has 18 heavy (non-hydrogen) atoms. The second-order valence-electron chi connectivity index (χ2n) is 3.59.